The van der Waals surface area contributed by atoms with E-state index in [-0.39, 0.29) is 16.6 Å². The minimum Gasteiger partial charge on any atom is -0.507 e. The summed E-state index contributed by atoms with van der Waals surface area (Å²) >= 11 is 5.28. The fourth-order valence-corrected chi connectivity index (χ4v) is 5.09. The van der Waals surface area contributed by atoms with Gasteiger partial charge in [0.2, 0.25) is 0 Å². The number of thiocarbonyl (C=S) groups is 1. The molecule has 0 unspecified atom stereocenters. The molecule has 10 nitrogen and oxygen atoms in total. The predicted molar refractivity (Wildman–Crippen MR) is 181 cm³/mol. The molecular weight excluding hydrogens is 609 g/mol. The molecule has 0 saturated carbocycles. The number of hydrogen-bond acceptors (Lipinski definition) is 9. The topological polar surface area (TPSA) is 110 Å². The lowest BCUT2D eigenvalue weighted by Gasteiger charge is -2.26. The first kappa shape index (κ1) is 32.6. The number of anilines is 1. The first-order valence-corrected chi connectivity index (χ1v) is 15.2. The number of methoxy groups -OCH3 is 1. The molecule has 12 heteroatoms. The van der Waals surface area contributed by atoms with Crippen molar-refractivity contribution in [1.82, 2.24) is 15.3 Å². The average molecular weight is 646 g/mol. The number of rotatable bonds is 13. The Morgan fingerprint density at radius 1 is 1.13 bits per heavy atom. The highest BCUT2D eigenvalue weighted by Crippen LogP contribution is 2.38. The number of aromatic hydroxyl groups is 1. The zero-order chi connectivity index (χ0) is 32.3. The molecule has 0 spiro atoms. The number of nitrogens with one attached hydrogen (secondary N) is 2. The number of hydrogen-bond donors (Lipinski definition) is 3. The fourth-order valence-electron chi connectivity index (χ4n) is 4.92. The molecule has 46 heavy (non-hydrogen) atoms. The van der Waals surface area contributed by atoms with E-state index in [1.165, 1.54) is 18.3 Å². The van der Waals surface area contributed by atoms with E-state index in [1.807, 2.05) is 12.1 Å². The van der Waals surface area contributed by atoms with Crippen molar-refractivity contribution in [3.05, 3.63) is 90.4 Å². The maximum Gasteiger partial charge on any atom is 0.191 e. The van der Waals surface area contributed by atoms with Crippen molar-refractivity contribution >= 4 is 40.1 Å². The molecule has 0 amide bonds. The van der Waals surface area contributed by atoms with Crippen LogP contribution in [0.3, 0.4) is 0 Å². The SMILES string of the molecule is C=CCc1cccc(/C=N/NC(=S)Nc2ccc(Oc3ccnc4cc(OCCCN5CCOCC5)c(OC)cc34)c(F)c2)c1O. The van der Waals surface area contributed by atoms with E-state index >= 15 is 4.39 Å². The molecule has 0 aliphatic carbocycles. The highest BCUT2D eigenvalue weighted by molar-refractivity contribution is 7.80. The van der Waals surface area contributed by atoms with Crippen molar-refractivity contribution in [2.24, 2.45) is 5.10 Å². The molecule has 4 aromatic rings. The third-order valence-corrected chi connectivity index (χ3v) is 7.45. The first-order chi connectivity index (χ1) is 22.4. The minimum absolute atomic E-state index is 0.0206. The smallest absolute Gasteiger partial charge is 0.191 e. The predicted octanol–water partition coefficient (Wildman–Crippen LogP) is 6.03. The van der Waals surface area contributed by atoms with Gasteiger partial charge in [-0.25, -0.2) is 4.39 Å². The number of benzene rings is 3. The Labute approximate surface area is 272 Å². The second-order valence-corrected chi connectivity index (χ2v) is 10.8. The summed E-state index contributed by atoms with van der Waals surface area (Å²) in [4.78, 5) is 6.82. The Bertz CT molecular complexity index is 1710. The minimum atomic E-state index is -0.600. The average Bonchev–Trinajstić information content (AvgIpc) is 3.06. The summed E-state index contributed by atoms with van der Waals surface area (Å²) in [5.74, 6) is 1.06. The van der Waals surface area contributed by atoms with Crippen molar-refractivity contribution in [3.63, 3.8) is 0 Å². The summed E-state index contributed by atoms with van der Waals surface area (Å²) in [6.45, 7) is 8.56. The van der Waals surface area contributed by atoms with Crippen LogP contribution in [-0.4, -0.2) is 72.9 Å². The highest BCUT2D eigenvalue weighted by atomic mass is 32.1. The van der Waals surface area contributed by atoms with Crippen LogP contribution in [0.25, 0.3) is 10.9 Å². The summed E-state index contributed by atoms with van der Waals surface area (Å²) in [6.07, 6.45) is 6.15. The van der Waals surface area contributed by atoms with Gasteiger partial charge in [0.25, 0.3) is 0 Å². The Morgan fingerprint density at radius 3 is 2.76 bits per heavy atom. The van der Waals surface area contributed by atoms with Gasteiger partial charge in [0.05, 0.1) is 38.7 Å². The van der Waals surface area contributed by atoms with Crippen molar-refractivity contribution in [2.75, 3.05) is 51.9 Å². The lowest BCUT2D eigenvalue weighted by atomic mass is 10.1. The third kappa shape index (κ3) is 8.47. The van der Waals surface area contributed by atoms with Crippen LogP contribution in [0.1, 0.15) is 17.5 Å². The number of pyridine rings is 1. The maximum atomic E-state index is 15.2. The van der Waals surface area contributed by atoms with Crippen LogP contribution >= 0.6 is 12.2 Å². The summed E-state index contributed by atoms with van der Waals surface area (Å²) in [6, 6.07) is 15.0. The zero-order valence-electron chi connectivity index (χ0n) is 25.5. The second-order valence-electron chi connectivity index (χ2n) is 10.4. The van der Waals surface area contributed by atoms with Gasteiger partial charge in [-0.2, -0.15) is 5.10 Å². The molecule has 1 fully saturated rings. The molecule has 0 radical (unpaired) electrons. The van der Waals surface area contributed by atoms with Gasteiger partial charge < -0.3 is 29.4 Å². The van der Waals surface area contributed by atoms with E-state index in [9.17, 15) is 5.11 Å². The molecule has 0 bridgehead atoms. The number of nitrogens with zero attached hydrogens (tertiary/aromatic N) is 3. The van der Waals surface area contributed by atoms with E-state index in [1.54, 1.807) is 49.7 Å². The lowest BCUT2D eigenvalue weighted by Crippen LogP contribution is -2.37. The molecule has 1 aliphatic heterocycles. The van der Waals surface area contributed by atoms with Gasteiger partial charge in [-0.05, 0) is 61.0 Å². The Balaban J connectivity index is 1.20. The number of hydrazone groups is 1. The van der Waals surface area contributed by atoms with Crippen LogP contribution in [0.15, 0.2) is 78.6 Å². The molecule has 240 valence electrons. The number of fused-ring (bicyclic) bond motifs is 1. The van der Waals surface area contributed by atoms with E-state index in [2.05, 4.69) is 32.3 Å². The van der Waals surface area contributed by atoms with Gasteiger partial charge >= 0.3 is 0 Å². The van der Waals surface area contributed by atoms with Crippen LogP contribution in [0.5, 0.6) is 28.7 Å². The van der Waals surface area contributed by atoms with Crippen LogP contribution in [0, 0.1) is 5.82 Å². The second kappa shape index (κ2) is 16.0. The maximum absolute atomic E-state index is 15.2. The number of phenols is 1. The van der Waals surface area contributed by atoms with Crippen molar-refractivity contribution in [1.29, 1.82) is 0 Å². The Morgan fingerprint density at radius 2 is 1.98 bits per heavy atom. The van der Waals surface area contributed by atoms with E-state index in [0.717, 1.165) is 44.8 Å². The van der Waals surface area contributed by atoms with Gasteiger partial charge in [-0.15, -0.1) is 6.58 Å². The highest BCUT2D eigenvalue weighted by Gasteiger charge is 2.15. The fraction of sp³-hybridized carbons (Fsp3) is 0.265. The number of phenolic OH excluding ortho intramolecular Hbond substituents is 1. The molecule has 0 atom stereocenters. The Hall–Kier alpha value is -4.78. The largest absolute Gasteiger partial charge is 0.507 e. The number of halogens is 1. The quantitative estimate of drug-likeness (QED) is 0.0524. The summed E-state index contributed by atoms with van der Waals surface area (Å²) in [7, 11) is 1.57. The third-order valence-electron chi connectivity index (χ3n) is 7.26. The van der Waals surface area contributed by atoms with Gasteiger partial charge in [-0.1, -0.05) is 18.2 Å². The molecule has 3 aromatic carbocycles. The van der Waals surface area contributed by atoms with Crippen LogP contribution in [0.4, 0.5) is 10.1 Å². The zero-order valence-corrected chi connectivity index (χ0v) is 26.3. The summed E-state index contributed by atoms with van der Waals surface area (Å²) in [5, 5.41) is 18.1. The number of morpholine rings is 1. The number of aromatic nitrogens is 1. The normalized spacial score (nSPS) is 13.4. The monoisotopic (exact) mass is 645 g/mol. The number of para-hydroxylation sites is 1. The molecule has 1 aliphatic rings. The van der Waals surface area contributed by atoms with E-state index in [0.29, 0.717) is 52.4 Å². The van der Waals surface area contributed by atoms with Crippen molar-refractivity contribution < 1.29 is 28.4 Å². The van der Waals surface area contributed by atoms with Gasteiger partial charge in [-0.3, -0.25) is 15.3 Å². The van der Waals surface area contributed by atoms with E-state index < -0.39 is 5.82 Å². The number of ether oxygens (including phenoxy) is 4. The first-order valence-electron chi connectivity index (χ1n) is 14.8. The standard InChI is InChI=1S/C34H36FN5O5S/c1-3-6-23-7-4-8-24(33(23)41)22-37-39-34(46)38-25-9-10-30(27(35)19-25)45-29-11-12-36-28-21-32(31(42-2)20-26(28)29)44-16-5-13-40-14-17-43-18-15-40/h3-4,7-12,19-22,41H,1,5-6,13-18H2,2H3,(H2,38,39,46)/b37-22+. The number of allylic oxidation sites excluding steroid dienone is 1. The molecule has 2 heterocycles. The molecule has 3 N–H and O–H groups in total. The molecule has 1 aromatic heterocycles. The van der Waals surface area contributed by atoms with Crippen molar-refractivity contribution in [2.45, 2.75) is 12.8 Å². The molecular formula is C34H36FN5O5S. The van der Waals surface area contributed by atoms with Crippen molar-refractivity contribution in [3.8, 4) is 28.7 Å². The van der Waals surface area contributed by atoms with Gasteiger partial charge in [0.1, 0.15) is 11.5 Å². The lowest BCUT2D eigenvalue weighted by molar-refractivity contribution is 0.0357. The van der Waals surface area contributed by atoms with Crippen LogP contribution < -0.4 is 25.0 Å². The van der Waals surface area contributed by atoms with Crippen LogP contribution in [0.2, 0.25) is 0 Å². The molecule has 5 rings (SSSR count). The van der Waals surface area contributed by atoms with Crippen LogP contribution in [-0.2, 0) is 11.2 Å². The summed E-state index contributed by atoms with van der Waals surface area (Å²) in [5.41, 5.74) is 4.94. The molecule has 1 saturated heterocycles. The summed E-state index contributed by atoms with van der Waals surface area (Å²) < 4.78 is 38.2. The Kier molecular flexibility index (Phi) is 11.3. The van der Waals surface area contributed by atoms with Gasteiger partial charge in [0, 0.05) is 54.6 Å². The van der Waals surface area contributed by atoms with E-state index in [4.69, 9.17) is 31.2 Å². The van der Waals surface area contributed by atoms with Gasteiger partial charge in [0.15, 0.2) is 28.2 Å².